The van der Waals surface area contributed by atoms with Crippen molar-refractivity contribution in [3.63, 3.8) is 0 Å². The Labute approximate surface area is 138 Å². The van der Waals surface area contributed by atoms with Crippen LogP contribution >= 0.6 is 11.3 Å². The van der Waals surface area contributed by atoms with Crippen molar-refractivity contribution >= 4 is 21.4 Å². The van der Waals surface area contributed by atoms with Crippen LogP contribution in [-0.4, -0.2) is 34.9 Å². The summed E-state index contributed by atoms with van der Waals surface area (Å²) in [7, 11) is 1.77. The van der Waals surface area contributed by atoms with Crippen LogP contribution in [-0.2, 0) is 11.3 Å². The molecule has 5 nitrogen and oxygen atoms in total. The highest BCUT2D eigenvalue weighted by molar-refractivity contribution is 7.19. The number of methoxy groups -OCH3 is 1. The van der Waals surface area contributed by atoms with Crippen molar-refractivity contribution in [3.05, 3.63) is 47.0 Å². The van der Waals surface area contributed by atoms with Crippen LogP contribution < -0.4 is 0 Å². The summed E-state index contributed by atoms with van der Waals surface area (Å²) in [5.74, 6) is 1.31. The van der Waals surface area contributed by atoms with Gasteiger partial charge >= 0.3 is 0 Å². The maximum atomic E-state index is 5.67. The van der Waals surface area contributed by atoms with Gasteiger partial charge < -0.3 is 9.15 Å². The summed E-state index contributed by atoms with van der Waals surface area (Å²) in [5.41, 5.74) is 0. The lowest BCUT2D eigenvalue weighted by atomic mass is 10.2. The first-order valence-electron chi connectivity index (χ1n) is 7.77. The summed E-state index contributed by atoms with van der Waals surface area (Å²) in [6, 6.07) is 10.9. The highest BCUT2D eigenvalue weighted by atomic mass is 32.1. The van der Waals surface area contributed by atoms with Crippen molar-refractivity contribution in [2.24, 2.45) is 0 Å². The molecule has 23 heavy (non-hydrogen) atoms. The summed E-state index contributed by atoms with van der Waals surface area (Å²) >= 11 is 1.85. The number of ether oxygens (including phenoxy) is 1. The lowest BCUT2D eigenvalue weighted by Crippen LogP contribution is -2.24. The third kappa shape index (κ3) is 2.89. The molecule has 2 aromatic heterocycles. The molecule has 2 atom stereocenters. The molecule has 0 amide bonds. The molecule has 1 fully saturated rings. The van der Waals surface area contributed by atoms with Gasteiger partial charge in [0.15, 0.2) is 0 Å². The summed E-state index contributed by atoms with van der Waals surface area (Å²) < 4.78 is 12.6. The standard InChI is InChI=1S/C17H19N3O2S/c1-11-18-19-17(22-11)15-8-13(21-2)9-20(15)10-14-7-12-5-3-4-6-16(12)23-14/h3-7,13,15H,8-10H2,1-2H3/t13-,15-/m1/s1. The molecule has 0 unspecified atom stereocenters. The monoisotopic (exact) mass is 329 g/mol. The SMILES string of the molecule is CO[C@@H]1C[C@H](c2nnc(C)o2)N(Cc2cc3ccccc3s2)C1. The third-order valence-electron chi connectivity index (χ3n) is 4.36. The van der Waals surface area contributed by atoms with Crippen LogP contribution in [0.25, 0.3) is 10.1 Å². The highest BCUT2D eigenvalue weighted by Gasteiger charge is 2.36. The number of nitrogens with zero attached hydrogens (tertiary/aromatic N) is 3. The summed E-state index contributed by atoms with van der Waals surface area (Å²) in [6.07, 6.45) is 1.10. The van der Waals surface area contributed by atoms with Gasteiger partial charge in [-0.05, 0) is 23.9 Å². The second kappa shape index (κ2) is 6.03. The molecule has 0 aliphatic carbocycles. The third-order valence-corrected chi connectivity index (χ3v) is 5.46. The number of rotatable bonds is 4. The molecule has 120 valence electrons. The Hall–Kier alpha value is -1.76. The number of thiophene rings is 1. The Balaban J connectivity index is 1.59. The molecule has 3 aromatic rings. The van der Waals surface area contributed by atoms with Gasteiger partial charge in [-0.2, -0.15) is 0 Å². The average Bonchev–Trinajstić information content (AvgIpc) is 3.24. The van der Waals surface area contributed by atoms with E-state index in [0.717, 1.165) is 19.5 Å². The van der Waals surface area contributed by atoms with Gasteiger partial charge in [0.25, 0.3) is 0 Å². The quantitative estimate of drug-likeness (QED) is 0.732. The number of hydrogen-bond acceptors (Lipinski definition) is 6. The number of aromatic nitrogens is 2. The van der Waals surface area contributed by atoms with E-state index >= 15 is 0 Å². The van der Waals surface area contributed by atoms with Crippen molar-refractivity contribution in [1.82, 2.24) is 15.1 Å². The zero-order chi connectivity index (χ0) is 15.8. The molecule has 1 saturated heterocycles. The minimum absolute atomic E-state index is 0.131. The number of fused-ring (bicyclic) bond motifs is 1. The highest BCUT2D eigenvalue weighted by Crippen LogP contribution is 2.35. The molecule has 0 radical (unpaired) electrons. The molecule has 6 heteroatoms. The van der Waals surface area contributed by atoms with E-state index in [1.807, 2.05) is 18.3 Å². The summed E-state index contributed by atoms with van der Waals surface area (Å²) in [6.45, 7) is 3.59. The first-order valence-corrected chi connectivity index (χ1v) is 8.59. The van der Waals surface area contributed by atoms with Crippen molar-refractivity contribution in [2.45, 2.75) is 32.0 Å². The molecule has 3 heterocycles. The van der Waals surface area contributed by atoms with E-state index in [4.69, 9.17) is 9.15 Å². The molecule has 0 bridgehead atoms. The second-order valence-electron chi connectivity index (χ2n) is 5.95. The average molecular weight is 329 g/mol. The first-order chi connectivity index (χ1) is 11.2. The zero-order valence-corrected chi connectivity index (χ0v) is 14.0. The number of aryl methyl sites for hydroxylation is 1. The number of likely N-dealkylation sites (tertiary alicyclic amines) is 1. The minimum Gasteiger partial charge on any atom is -0.424 e. The van der Waals surface area contributed by atoms with Crippen molar-refractivity contribution in [3.8, 4) is 0 Å². The first kappa shape index (κ1) is 14.8. The molecular formula is C17H19N3O2S. The number of benzene rings is 1. The van der Waals surface area contributed by atoms with Crippen molar-refractivity contribution in [1.29, 1.82) is 0 Å². The summed E-state index contributed by atoms with van der Waals surface area (Å²) in [4.78, 5) is 3.73. The van der Waals surface area contributed by atoms with Crippen LogP contribution in [0.15, 0.2) is 34.7 Å². The van der Waals surface area contributed by atoms with E-state index in [-0.39, 0.29) is 12.1 Å². The van der Waals surface area contributed by atoms with E-state index in [0.29, 0.717) is 11.8 Å². The Bertz CT molecular complexity index is 780. The zero-order valence-electron chi connectivity index (χ0n) is 13.2. The molecule has 0 N–H and O–H groups in total. The normalized spacial score (nSPS) is 22.2. The fourth-order valence-corrected chi connectivity index (χ4v) is 4.32. The Morgan fingerprint density at radius 1 is 1.35 bits per heavy atom. The molecule has 1 aliphatic heterocycles. The molecule has 4 rings (SSSR count). The van der Waals surface area contributed by atoms with Crippen LogP contribution in [0, 0.1) is 6.92 Å². The largest absolute Gasteiger partial charge is 0.424 e. The smallest absolute Gasteiger partial charge is 0.233 e. The van der Waals surface area contributed by atoms with E-state index in [2.05, 4.69) is 45.4 Å². The van der Waals surface area contributed by atoms with Crippen LogP contribution in [0.2, 0.25) is 0 Å². The number of hydrogen-bond donors (Lipinski definition) is 0. The van der Waals surface area contributed by atoms with Gasteiger partial charge in [-0.1, -0.05) is 18.2 Å². The molecule has 1 aliphatic rings. The van der Waals surface area contributed by atoms with E-state index < -0.39 is 0 Å². The van der Waals surface area contributed by atoms with Crippen LogP contribution in [0.4, 0.5) is 0 Å². The Morgan fingerprint density at radius 3 is 2.96 bits per heavy atom. The van der Waals surface area contributed by atoms with Crippen LogP contribution in [0.1, 0.15) is 29.1 Å². The lowest BCUT2D eigenvalue weighted by Gasteiger charge is -2.20. The van der Waals surface area contributed by atoms with Gasteiger partial charge in [0.05, 0.1) is 12.1 Å². The van der Waals surface area contributed by atoms with Gasteiger partial charge in [0, 0.05) is 36.7 Å². The van der Waals surface area contributed by atoms with E-state index in [1.54, 1.807) is 7.11 Å². The fraction of sp³-hybridized carbons (Fsp3) is 0.412. The van der Waals surface area contributed by atoms with Gasteiger partial charge in [0.2, 0.25) is 11.8 Å². The molecular weight excluding hydrogens is 310 g/mol. The van der Waals surface area contributed by atoms with Crippen molar-refractivity contribution < 1.29 is 9.15 Å². The predicted octanol–water partition coefficient (Wildman–Crippen LogP) is 3.55. The van der Waals surface area contributed by atoms with E-state index in [9.17, 15) is 0 Å². The fourth-order valence-electron chi connectivity index (χ4n) is 3.23. The second-order valence-corrected chi connectivity index (χ2v) is 7.12. The molecule has 0 spiro atoms. The Kier molecular flexibility index (Phi) is 3.88. The predicted molar refractivity (Wildman–Crippen MR) is 89.4 cm³/mol. The summed E-state index contributed by atoms with van der Waals surface area (Å²) in [5, 5.41) is 9.50. The van der Waals surface area contributed by atoms with Gasteiger partial charge in [-0.15, -0.1) is 21.5 Å². The van der Waals surface area contributed by atoms with Gasteiger partial charge in [0.1, 0.15) is 0 Å². The maximum Gasteiger partial charge on any atom is 0.233 e. The van der Waals surface area contributed by atoms with Crippen LogP contribution in [0.3, 0.4) is 0 Å². The topological polar surface area (TPSA) is 51.4 Å². The van der Waals surface area contributed by atoms with Gasteiger partial charge in [-0.25, -0.2) is 0 Å². The Morgan fingerprint density at radius 2 is 2.22 bits per heavy atom. The molecule has 0 saturated carbocycles. The van der Waals surface area contributed by atoms with Gasteiger partial charge in [-0.3, -0.25) is 4.90 Å². The van der Waals surface area contributed by atoms with Crippen molar-refractivity contribution in [2.75, 3.05) is 13.7 Å². The van der Waals surface area contributed by atoms with E-state index in [1.165, 1.54) is 15.0 Å². The maximum absolute atomic E-state index is 5.67. The lowest BCUT2D eigenvalue weighted by molar-refractivity contribution is 0.107. The minimum atomic E-state index is 0.131. The molecule has 1 aromatic carbocycles. The van der Waals surface area contributed by atoms with Crippen LogP contribution in [0.5, 0.6) is 0 Å².